The van der Waals surface area contributed by atoms with Gasteiger partial charge in [-0.05, 0) is 57.9 Å². The zero-order valence-electron chi connectivity index (χ0n) is 11.2. The first-order valence-electron chi connectivity index (χ1n) is 7.18. The molecule has 0 radical (unpaired) electrons. The van der Waals surface area contributed by atoms with Crippen molar-refractivity contribution < 1.29 is 9.84 Å². The lowest BCUT2D eigenvalue weighted by molar-refractivity contribution is -0.0427. The van der Waals surface area contributed by atoms with Crippen LogP contribution in [-0.4, -0.2) is 36.5 Å². The Kier molecular flexibility index (Phi) is 4.83. The first kappa shape index (κ1) is 13.3. The maximum absolute atomic E-state index is 9.31. The van der Waals surface area contributed by atoms with Crippen molar-refractivity contribution in [1.29, 1.82) is 0 Å². The van der Waals surface area contributed by atoms with Crippen LogP contribution >= 0.6 is 0 Å². The van der Waals surface area contributed by atoms with Crippen LogP contribution in [0.15, 0.2) is 0 Å². The second-order valence-electron chi connectivity index (χ2n) is 5.97. The molecule has 3 nitrogen and oxygen atoms in total. The van der Waals surface area contributed by atoms with Crippen molar-refractivity contribution in [3.8, 4) is 0 Å². The Labute approximate surface area is 105 Å². The summed E-state index contributed by atoms with van der Waals surface area (Å²) >= 11 is 0. The normalized spacial score (nSPS) is 42.9. The van der Waals surface area contributed by atoms with Crippen LogP contribution in [0.3, 0.4) is 0 Å². The second kappa shape index (κ2) is 6.17. The fourth-order valence-corrected chi connectivity index (χ4v) is 3.51. The van der Waals surface area contributed by atoms with Crippen LogP contribution in [-0.2, 0) is 4.74 Å². The lowest BCUT2D eigenvalue weighted by Gasteiger charge is -2.33. The van der Waals surface area contributed by atoms with Gasteiger partial charge in [-0.1, -0.05) is 6.42 Å². The van der Waals surface area contributed by atoms with Gasteiger partial charge < -0.3 is 15.2 Å². The van der Waals surface area contributed by atoms with E-state index in [1.54, 1.807) is 0 Å². The molecule has 2 fully saturated rings. The lowest BCUT2D eigenvalue weighted by Crippen LogP contribution is -2.43. The Morgan fingerprint density at radius 2 is 1.76 bits per heavy atom. The summed E-state index contributed by atoms with van der Waals surface area (Å²) in [4.78, 5) is 0. The van der Waals surface area contributed by atoms with Crippen LogP contribution in [0.25, 0.3) is 0 Å². The van der Waals surface area contributed by atoms with Gasteiger partial charge in [0, 0.05) is 12.6 Å². The van der Waals surface area contributed by atoms with E-state index >= 15 is 0 Å². The van der Waals surface area contributed by atoms with Crippen molar-refractivity contribution in [2.24, 2.45) is 11.8 Å². The van der Waals surface area contributed by atoms with Crippen molar-refractivity contribution >= 4 is 0 Å². The van der Waals surface area contributed by atoms with Crippen molar-refractivity contribution in [3.05, 3.63) is 0 Å². The van der Waals surface area contributed by atoms with Crippen molar-refractivity contribution in [1.82, 2.24) is 5.32 Å². The fraction of sp³-hybridized carbons (Fsp3) is 1.00. The number of hydrogen-bond acceptors (Lipinski definition) is 3. The molecule has 0 amide bonds. The Morgan fingerprint density at radius 1 is 1.12 bits per heavy atom. The average molecular weight is 241 g/mol. The van der Waals surface area contributed by atoms with Crippen molar-refractivity contribution in [2.75, 3.05) is 13.2 Å². The third kappa shape index (κ3) is 3.67. The molecule has 17 heavy (non-hydrogen) atoms. The Hall–Kier alpha value is -0.120. The summed E-state index contributed by atoms with van der Waals surface area (Å²) in [6.45, 7) is 5.77. The number of hydrogen-bond donors (Lipinski definition) is 2. The molecular weight excluding hydrogens is 214 g/mol. The van der Waals surface area contributed by atoms with E-state index in [1.165, 1.54) is 19.3 Å². The summed E-state index contributed by atoms with van der Waals surface area (Å²) < 4.78 is 5.75. The molecule has 1 saturated heterocycles. The zero-order valence-corrected chi connectivity index (χ0v) is 11.2. The molecule has 1 saturated carbocycles. The summed E-state index contributed by atoms with van der Waals surface area (Å²) in [6, 6.07) is 0.605. The predicted octanol–water partition coefficient (Wildman–Crippen LogP) is 1.94. The average Bonchev–Trinajstić information content (AvgIpc) is 2.72. The molecule has 0 bridgehead atoms. The molecule has 4 unspecified atom stereocenters. The summed E-state index contributed by atoms with van der Waals surface area (Å²) in [7, 11) is 0. The van der Waals surface area contributed by atoms with Crippen LogP contribution in [0.5, 0.6) is 0 Å². The first-order valence-corrected chi connectivity index (χ1v) is 7.18. The summed E-state index contributed by atoms with van der Waals surface area (Å²) in [5.41, 5.74) is 0. The highest BCUT2D eigenvalue weighted by atomic mass is 16.5. The Morgan fingerprint density at radius 3 is 2.41 bits per heavy atom. The van der Waals surface area contributed by atoms with Gasteiger partial charge in [-0.2, -0.15) is 0 Å². The Balaban J connectivity index is 1.73. The smallest absolute Gasteiger partial charge is 0.0565 e. The molecule has 100 valence electrons. The molecule has 0 aromatic rings. The summed E-state index contributed by atoms with van der Waals surface area (Å²) in [5, 5.41) is 13.0. The fourth-order valence-electron chi connectivity index (χ4n) is 3.51. The van der Waals surface area contributed by atoms with E-state index in [1.807, 2.05) is 0 Å². The van der Waals surface area contributed by atoms with E-state index in [0.29, 0.717) is 36.7 Å². The van der Waals surface area contributed by atoms with Crippen LogP contribution < -0.4 is 5.32 Å². The van der Waals surface area contributed by atoms with Gasteiger partial charge in [0.25, 0.3) is 0 Å². The molecule has 2 rings (SSSR count). The minimum absolute atomic E-state index is 0.368. The SMILES string of the molecule is CC1CC(NCC2CCCC2CO)CC(C)O1. The van der Waals surface area contributed by atoms with Crippen LogP contribution in [0.1, 0.15) is 46.0 Å². The second-order valence-corrected chi connectivity index (χ2v) is 5.97. The van der Waals surface area contributed by atoms with E-state index in [2.05, 4.69) is 19.2 Å². The van der Waals surface area contributed by atoms with Crippen molar-refractivity contribution in [3.63, 3.8) is 0 Å². The Bertz CT molecular complexity index is 224. The van der Waals surface area contributed by atoms with Crippen LogP contribution in [0.4, 0.5) is 0 Å². The van der Waals surface area contributed by atoms with Gasteiger partial charge in [-0.25, -0.2) is 0 Å². The van der Waals surface area contributed by atoms with Crippen molar-refractivity contribution in [2.45, 2.75) is 64.2 Å². The highest BCUT2D eigenvalue weighted by molar-refractivity contribution is 4.83. The maximum Gasteiger partial charge on any atom is 0.0565 e. The minimum atomic E-state index is 0.368. The van der Waals surface area contributed by atoms with Crippen LogP contribution in [0.2, 0.25) is 0 Å². The highest BCUT2D eigenvalue weighted by Gasteiger charge is 2.29. The molecule has 1 aliphatic carbocycles. The van der Waals surface area contributed by atoms with Crippen LogP contribution in [0, 0.1) is 11.8 Å². The van der Waals surface area contributed by atoms with E-state index < -0.39 is 0 Å². The largest absolute Gasteiger partial charge is 0.396 e. The number of rotatable bonds is 4. The standard InChI is InChI=1S/C14H27NO2/c1-10-6-14(7-11(2)17-10)15-8-12-4-3-5-13(12)9-16/h10-16H,3-9H2,1-2H3. The van der Waals surface area contributed by atoms with Gasteiger partial charge in [0.1, 0.15) is 0 Å². The van der Waals surface area contributed by atoms with Gasteiger partial charge in [0.05, 0.1) is 12.2 Å². The van der Waals surface area contributed by atoms with Gasteiger partial charge in [0.2, 0.25) is 0 Å². The predicted molar refractivity (Wildman–Crippen MR) is 69.0 cm³/mol. The molecule has 0 aromatic carbocycles. The third-order valence-electron chi connectivity index (χ3n) is 4.42. The highest BCUT2D eigenvalue weighted by Crippen LogP contribution is 2.31. The molecule has 1 heterocycles. The summed E-state index contributed by atoms with van der Waals surface area (Å²) in [6.07, 6.45) is 6.80. The van der Waals surface area contributed by atoms with E-state index in [-0.39, 0.29) is 0 Å². The van der Waals surface area contributed by atoms with Gasteiger partial charge >= 0.3 is 0 Å². The monoisotopic (exact) mass is 241 g/mol. The topological polar surface area (TPSA) is 41.5 Å². The lowest BCUT2D eigenvalue weighted by atomic mass is 9.95. The molecule has 2 N–H and O–H groups in total. The van der Waals surface area contributed by atoms with E-state index in [9.17, 15) is 5.11 Å². The molecule has 3 heteroatoms. The number of nitrogens with one attached hydrogen (secondary N) is 1. The molecule has 4 atom stereocenters. The first-order chi connectivity index (χ1) is 8.19. The van der Waals surface area contributed by atoms with Gasteiger partial charge in [-0.3, -0.25) is 0 Å². The number of aliphatic hydroxyl groups excluding tert-OH is 1. The molecule has 0 aromatic heterocycles. The zero-order chi connectivity index (χ0) is 12.3. The molecular formula is C14H27NO2. The van der Waals surface area contributed by atoms with E-state index in [0.717, 1.165) is 19.4 Å². The molecule has 0 spiro atoms. The molecule has 2 aliphatic rings. The molecule has 1 aliphatic heterocycles. The number of aliphatic hydroxyl groups is 1. The minimum Gasteiger partial charge on any atom is -0.396 e. The van der Waals surface area contributed by atoms with Gasteiger partial charge in [0.15, 0.2) is 0 Å². The third-order valence-corrected chi connectivity index (χ3v) is 4.42. The summed E-state index contributed by atoms with van der Waals surface area (Å²) in [5.74, 6) is 1.23. The van der Waals surface area contributed by atoms with Gasteiger partial charge in [-0.15, -0.1) is 0 Å². The van der Waals surface area contributed by atoms with E-state index in [4.69, 9.17) is 4.74 Å². The quantitative estimate of drug-likeness (QED) is 0.790. The maximum atomic E-state index is 9.31. The number of ether oxygens (including phenoxy) is 1.